The Kier molecular flexibility index (Phi) is 3.11. The molecule has 1 aliphatic heterocycles. The average molecular weight is 242 g/mol. The number of piperidine rings is 1. The van der Waals surface area contributed by atoms with Crippen LogP contribution in [-0.4, -0.2) is 36.1 Å². The fourth-order valence-electron chi connectivity index (χ4n) is 2.62. The van der Waals surface area contributed by atoms with Gasteiger partial charge in [-0.2, -0.15) is 0 Å². The molecule has 3 rings (SSSR count). The van der Waals surface area contributed by atoms with Gasteiger partial charge in [-0.15, -0.1) is 0 Å². The zero-order chi connectivity index (χ0) is 12.4. The molecule has 0 radical (unpaired) electrons. The lowest BCUT2D eigenvalue weighted by Gasteiger charge is -2.33. The van der Waals surface area contributed by atoms with Crippen LogP contribution in [0.15, 0.2) is 30.6 Å². The van der Waals surface area contributed by atoms with E-state index in [4.69, 9.17) is 0 Å². The number of anilines is 1. The summed E-state index contributed by atoms with van der Waals surface area (Å²) in [4.78, 5) is 11.2. The van der Waals surface area contributed by atoms with E-state index in [0.717, 1.165) is 29.8 Å². The molecule has 1 fully saturated rings. The van der Waals surface area contributed by atoms with E-state index in [1.165, 1.54) is 12.8 Å². The number of nitrogens with zero attached hydrogens (tertiary/aromatic N) is 3. The summed E-state index contributed by atoms with van der Waals surface area (Å²) in [6.07, 6.45) is 4.02. The average Bonchev–Trinajstić information content (AvgIpc) is 2.47. The molecule has 18 heavy (non-hydrogen) atoms. The molecule has 0 aliphatic carbocycles. The van der Waals surface area contributed by atoms with Crippen molar-refractivity contribution in [3.05, 3.63) is 30.6 Å². The summed E-state index contributed by atoms with van der Waals surface area (Å²) in [6, 6.07) is 8.87. The van der Waals surface area contributed by atoms with E-state index in [-0.39, 0.29) is 0 Å². The first-order chi connectivity index (χ1) is 8.88. The topological polar surface area (TPSA) is 41.0 Å². The van der Waals surface area contributed by atoms with Gasteiger partial charge < -0.3 is 10.2 Å². The van der Waals surface area contributed by atoms with Crippen molar-refractivity contribution < 1.29 is 0 Å². The fourth-order valence-corrected chi connectivity index (χ4v) is 2.62. The van der Waals surface area contributed by atoms with Crippen LogP contribution >= 0.6 is 0 Å². The maximum absolute atomic E-state index is 4.48. The van der Waals surface area contributed by atoms with E-state index in [1.54, 1.807) is 6.33 Å². The largest absolute Gasteiger partial charge is 0.356 e. The van der Waals surface area contributed by atoms with E-state index < -0.39 is 0 Å². The molecule has 0 bridgehead atoms. The molecule has 2 aromatic rings. The summed E-state index contributed by atoms with van der Waals surface area (Å²) in [5, 5.41) is 4.51. The van der Waals surface area contributed by atoms with Crippen LogP contribution in [0.3, 0.4) is 0 Å². The lowest BCUT2D eigenvalue weighted by atomic mass is 10.0. The van der Waals surface area contributed by atoms with Gasteiger partial charge >= 0.3 is 0 Å². The molecular weight excluding hydrogens is 224 g/mol. The van der Waals surface area contributed by atoms with E-state index in [0.29, 0.717) is 6.04 Å². The molecule has 0 amide bonds. The van der Waals surface area contributed by atoms with Gasteiger partial charge in [0.25, 0.3) is 0 Å². The monoisotopic (exact) mass is 242 g/mol. The molecule has 2 heterocycles. The van der Waals surface area contributed by atoms with Crippen molar-refractivity contribution in [1.29, 1.82) is 0 Å². The summed E-state index contributed by atoms with van der Waals surface area (Å²) in [7, 11) is 2.04. The highest BCUT2D eigenvalue weighted by atomic mass is 15.2. The Morgan fingerprint density at radius 2 is 1.94 bits per heavy atom. The number of fused-ring (bicyclic) bond motifs is 1. The standard InChI is InChI=1S/C14H18N4/c1-15-11-6-8-18(9-7-11)14-12-4-2-3-5-13(12)16-10-17-14/h2-5,10-11,15H,6-9H2,1H3. The molecule has 0 saturated carbocycles. The van der Waals surface area contributed by atoms with Crippen LogP contribution in [0.4, 0.5) is 5.82 Å². The number of aromatic nitrogens is 2. The summed E-state index contributed by atoms with van der Waals surface area (Å²) in [5.41, 5.74) is 1.03. The first-order valence-corrected chi connectivity index (χ1v) is 6.50. The van der Waals surface area contributed by atoms with Gasteiger partial charge in [0.15, 0.2) is 0 Å². The quantitative estimate of drug-likeness (QED) is 0.872. The first-order valence-electron chi connectivity index (χ1n) is 6.50. The number of hydrogen-bond acceptors (Lipinski definition) is 4. The molecule has 1 N–H and O–H groups in total. The number of hydrogen-bond donors (Lipinski definition) is 1. The van der Waals surface area contributed by atoms with Gasteiger partial charge in [-0.1, -0.05) is 12.1 Å². The van der Waals surface area contributed by atoms with Crippen LogP contribution in [0.1, 0.15) is 12.8 Å². The van der Waals surface area contributed by atoms with E-state index >= 15 is 0 Å². The molecule has 1 aliphatic rings. The fraction of sp³-hybridized carbons (Fsp3) is 0.429. The molecule has 0 unspecified atom stereocenters. The number of para-hydroxylation sites is 1. The highest BCUT2D eigenvalue weighted by Crippen LogP contribution is 2.25. The number of rotatable bonds is 2. The first kappa shape index (κ1) is 11.4. The van der Waals surface area contributed by atoms with Crippen molar-refractivity contribution >= 4 is 16.7 Å². The predicted octanol–water partition coefficient (Wildman–Crippen LogP) is 1.82. The van der Waals surface area contributed by atoms with Crippen molar-refractivity contribution in [1.82, 2.24) is 15.3 Å². The van der Waals surface area contributed by atoms with Gasteiger partial charge in [0.05, 0.1) is 5.52 Å². The van der Waals surface area contributed by atoms with Crippen LogP contribution in [0.25, 0.3) is 10.9 Å². The summed E-state index contributed by atoms with van der Waals surface area (Å²) >= 11 is 0. The van der Waals surface area contributed by atoms with Crippen molar-refractivity contribution in [2.45, 2.75) is 18.9 Å². The highest BCUT2D eigenvalue weighted by Gasteiger charge is 2.20. The van der Waals surface area contributed by atoms with Crippen molar-refractivity contribution in [3.63, 3.8) is 0 Å². The van der Waals surface area contributed by atoms with Gasteiger partial charge in [-0.25, -0.2) is 9.97 Å². The molecule has 0 atom stereocenters. The Bertz CT molecular complexity index is 527. The lowest BCUT2D eigenvalue weighted by molar-refractivity contribution is 0.441. The van der Waals surface area contributed by atoms with Crippen LogP contribution in [0.2, 0.25) is 0 Å². The minimum absolute atomic E-state index is 0.648. The third-order valence-corrected chi connectivity index (χ3v) is 3.72. The second-order valence-electron chi connectivity index (χ2n) is 4.76. The molecule has 4 nitrogen and oxygen atoms in total. The van der Waals surface area contributed by atoms with Gasteiger partial charge in [-0.3, -0.25) is 0 Å². The summed E-state index contributed by atoms with van der Waals surface area (Å²) in [5.74, 6) is 1.08. The van der Waals surface area contributed by atoms with E-state index in [2.05, 4.69) is 32.3 Å². The van der Waals surface area contributed by atoms with Crippen LogP contribution in [0, 0.1) is 0 Å². The van der Waals surface area contributed by atoms with Crippen LogP contribution in [-0.2, 0) is 0 Å². The molecule has 1 aromatic carbocycles. The third kappa shape index (κ3) is 2.04. The van der Waals surface area contributed by atoms with Gasteiger partial charge in [0.2, 0.25) is 0 Å². The molecular formula is C14H18N4. The zero-order valence-electron chi connectivity index (χ0n) is 10.6. The second kappa shape index (κ2) is 4.90. The van der Waals surface area contributed by atoms with Gasteiger partial charge in [-0.05, 0) is 32.0 Å². The Labute approximate surface area is 107 Å². The molecule has 1 saturated heterocycles. The molecule has 94 valence electrons. The molecule has 0 spiro atoms. The SMILES string of the molecule is CNC1CCN(c2ncnc3ccccc23)CC1. The lowest BCUT2D eigenvalue weighted by Crippen LogP contribution is -2.41. The Hall–Kier alpha value is -1.68. The van der Waals surface area contributed by atoms with Crippen LogP contribution in [0.5, 0.6) is 0 Å². The second-order valence-corrected chi connectivity index (χ2v) is 4.76. The Balaban J connectivity index is 1.91. The van der Waals surface area contributed by atoms with Gasteiger partial charge in [0.1, 0.15) is 12.1 Å². The smallest absolute Gasteiger partial charge is 0.139 e. The van der Waals surface area contributed by atoms with Crippen LogP contribution < -0.4 is 10.2 Å². The number of nitrogens with one attached hydrogen (secondary N) is 1. The maximum Gasteiger partial charge on any atom is 0.139 e. The highest BCUT2D eigenvalue weighted by molar-refractivity contribution is 5.89. The Morgan fingerprint density at radius 3 is 2.72 bits per heavy atom. The zero-order valence-corrected chi connectivity index (χ0v) is 10.6. The normalized spacial score (nSPS) is 17.3. The van der Waals surface area contributed by atoms with Crippen molar-refractivity contribution in [2.24, 2.45) is 0 Å². The summed E-state index contributed by atoms with van der Waals surface area (Å²) in [6.45, 7) is 2.12. The van der Waals surface area contributed by atoms with E-state index in [1.807, 2.05) is 19.2 Å². The van der Waals surface area contributed by atoms with Crippen molar-refractivity contribution in [3.8, 4) is 0 Å². The predicted molar refractivity (Wildman–Crippen MR) is 73.8 cm³/mol. The molecule has 1 aromatic heterocycles. The summed E-state index contributed by atoms with van der Waals surface area (Å²) < 4.78 is 0. The van der Waals surface area contributed by atoms with E-state index in [9.17, 15) is 0 Å². The van der Waals surface area contributed by atoms with Crippen molar-refractivity contribution in [2.75, 3.05) is 25.0 Å². The number of benzene rings is 1. The van der Waals surface area contributed by atoms with Gasteiger partial charge in [0, 0.05) is 24.5 Å². The maximum atomic E-state index is 4.48. The minimum Gasteiger partial charge on any atom is -0.356 e. The Morgan fingerprint density at radius 1 is 1.17 bits per heavy atom. The molecule has 4 heteroatoms. The minimum atomic E-state index is 0.648. The third-order valence-electron chi connectivity index (χ3n) is 3.72.